The number of nitrogens with zero attached hydrogens (tertiary/aromatic N) is 1. The van der Waals surface area contributed by atoms with Crippen LogP contribution in [0, 0.1) is 0 Å². The quantitative estimate of drug-likeness (QED) is 0.725. The molecule has 3 nitrogen and oxygen atoms in total. The van der Waals surface area contributed by atoms with Crippen molar-refractivity contribution in [1.29, 1.82) is 0 Å². The van der Waals surface area contributed by atoms with Crippen molar-refractivity contribution in [2.45, 2.75) is 38.6 Å². The monoisotopic (exact) mass is 214 g/mol. The summed E-state index contributed by atoms with van der Waals surface area (Å²) in [7, 11) is 1.80. The van der Waals surface area contributed by atoms with Gasteiger partial charge in [-0.2, -0.15) is 0 Å². The van der Waals surface area contributed by atoms with Gasteiger partial charge in [-0.1, -0.05) is 19.8 Å². The van der Waals surface area contributed by atoms with Crippen LogP contribution in [0.4, 0.5) is 0 Å². The summed E-state index contributed by atoms with van der Waals surface area (Å²) in [5, 5.41) is 3.43. The van der Waals surface area contributed by atoms with Crippen molar-refractivity contribution < 1.29 is 4.74 Å². The maximum absolute atomic E-state index is 5.31. The van der Waals surface area contributed by atoms with Crippen molar-refractivity contribution in [2.24, 2.45) is 0 Å². The molecule has 1 fully saturated rings. The van der Waals surface area contributed by atoms with E-state index >= 15 is 0 Å². The molecule has 0 spiro atoms. The van der Waals surface area contributed by atoms with E-state index in [1.807, 2.05) is 0 Å². The predicted octanol–water partition coefficient (Wildman–Crippen LogP) is 1.49. The molecule has 3 heteroatoms. The largest absolute Gasteiger partial charge is 0.383 e. The first-order chi connectivity index (χ1) is 7.38. The second-order valence-corrected chi connectivity index (χ2v) is 4.37. The summed E-state index contributed by atoms with van der Waals surface area (Å²) in [6, 6.07) is 0.563. The zero-order chi connectivity index (χ0) is 10.9. The second-order valence-electron chi connectivity index (χ2n) is 4.37. The lowest BCUT2D eigenvalue weighted by atomic mass is 10.2. The summed E-state index contributed by atoms with van der Waals surface area (Å²) in [4.78, 5) is 2.60. The first-order valence-corrected chi connectivity index (χ1v) is 6.32. The Morgan fingerprint density at radius 2 is 1.87 bits per heavy atom. The Hall–Kier alpha value is -0.120. The van der Waals surface area contributed by atoms with Crippen molar-refractivity contribution in [3.63, 3.8) is 0 Å². The first-order valence-electron chi connectivity index (χ1n) is 6.32. The minimum Gasteiger partial charge on any atom is -0.383 e. The Balaban J connectivity index is 2.36. The molecule has 0 saturated carbocycles. The van der Waals surface area contributed by atoms with E-state index in [0.717, 1.165) is 19.7 Å². The number of nitrogens with one attached hydrogen (secondary N) is 1. The molecular formula is C12H26N2O. The third-order valence-electron chi connectivity index (χ3n) is 3.15. The van der Waals surface area contributed by atoms with E-state index in [1.54, 1.807) is 7.11 Å². The van der Waals surface area contributed by atoms with Crippen LogP contribution in [0.15, 0.2) is 0 Å². The smallest absolute Gasteiger partial charge is 0.0630 e. The maximum atomic E-state index is 5.31. The van der Waals surface area contributed by atoms with E-state index in [1.165, 1.54) is 38.8 Å². The zero-order valence-electron chi connectivity index (χ0n) is 10.3. The van der Waals surface area contributed by atoms with Gasteiger partial charge in [0, 0.05) is 19.7 Å². The number of hydrogen-bond donors (Lipinski definition) is 1. The summed E-state index contributed by atoms with van der Waals surface area (Å²) >= 11 is 0. The van der Waals surface area contributed by atoms with Crippen molar-refractivity contribution in [3.05, 3.63) is 0 Å². The highest BCUT2D eigenvalue weighted by Gasteiger charge is 2.18. The molecule has 1 rings (SSSR count). The van der Waals surface area contributed by atoms with Gasteiger partial charge in [0.25, 0.3) is 0 Å². The van der Waals surface area contributed by atoms with Gasteiger partial charge in [-0.15, -0.1) is 0 Å². The molecule has 0 aromatic carbocycles. The van der Waals surface area contributed by atoms with E-state index in [4.69, 9.17) is 4.74 Å². The van der Waals surface area contributed by atoms with Gasteiger partial charge in [0.15, 0.2) is 0 Å². The van der Waals surface area contributed by atoms with Crippen LogP contribution >= 0.6 is 0 Å². The fourth-order valence-corrected chi connectivity index (χ4v) is 2.26. The fraction of sp³-hybridized carbons (Fsp3) is 1.00. The van der Waals surface area contributed by atoms with Gasteiger partial charge in [-0.05, 0) is 32.5 Å². The number of likely N-dealkylation sites (tertiary alicyclic amines) is 1. The Kier molecular flexibility index (Phi) is 6.98. The molecule has 90 valence electrons. The Morgan fingerprint density at radius 3 is 2.40 bits per heavy atom. The van der Waals surface area contributed by atoms with Crippen LogP contribution in [-0.2, 0) is 4.74 Å². The van der Waals surface area contributed by atoms with Crippen molar-refractivity contribution >= 4 is 0 Å². The molecule has 1 N–H and O–H groups in total. The van der Waals surface area contributed by atoms with Gasteiger partial charge < -0.3 is 10.1 Å². The van der Waals surface area contributed by atoms with Crippen LogP contribution in [0.1, 0.15) is 32.6 Å². The highest BCUT2D eigenvalue weighted by Crippen LogP contribution is 2.12. The molecule has 0 aromatic heterocycles. The van der Waals surface area contributed by atoms with Crippen LogP contribution in [0.5, 0.6) is 0 Å². The van der Waals surface area contributed by atoms with E-state index in [9.17, 15) is 0 Å². The Bertz CT molecular complexity index is 145. The standard InChI is InChI=1S/C12H26N2O/c1-3-13-10-12(11-15-2)14-8-6-4-5-7-9-14/h12-13H,3-11H2,1-2H3. The van der Waals surface area contributed by atoms with E-state index in [0.29, 0.717) is 6.04 Å². The molecule has 1 heterocycles. The number of methoxy groups -OCH3 is 1. The van der Waals surface area contributed by atoms with Gasteiger partial charge in [0.05, 0.1) is 6.61 Å². The average molecular weight is 214 g/mol. The molecule has 0 bridgehead atoms. The van der Waals surface area contributed by atoms with Gasteiger partial charge in [-0.25, -0.2) is 0 Å². The summed E-state index contributed by atoms with van der Waals surface area (Å²) in [6.45, 7) is 7.62. The Morgan fingerprint density at radius 1 is 1.20 bits per heavy atom. The number of ether oxygens (including phenoxy) is 1. The molecule has 1 atom stereocenters. The number of likely N-dealkylation sites (N-methyl/N-ethyl adjacent to an activating group) is 1. The van der Waals surface area contributed by atoms with Crippen LogP contribution in [0.2, 0.25) is 0 Å². The van der Waals surface area contributed by atoms with Crippen LogP contribution in [0.3, 0.4) is 0 Å². The first kappa shape index (κ1) is 12.9. The highest BCUT2D eigenvalue weighted by atomic mass is 16.5. The molecule has 1 unspecified atom stereocenters. The SMILES string of the molecule is CCNCC(COC)N1CCCCCC1. The van der Waals surface area contributed by atoms with E-state index in [2.05, 4.69) is 17.1 Å². The van der Waals surface area contributed by atoms with Crippen molar-refractivity contribution in [1.82, 2.24) is 10.2 Å². The van der Waals surface area contributed by atoms with Gasteiger partial charge in [0.2, 0.25) is 0 Å². The van der Waals surface area contributed by atoms with Crippen LogP contribution in [0.25, 0.3) is 0 Å². The van der Waals surface area contributed by atoms with E-state index < -0.39 is 0 Å². The lowest BCUT2D eigenvalue weighted by Gasteiger charge is -2.30. The fourth-order valence-electron chi connectivity index (χ4n) is 2.26. The molecule has 1 saturated heterocycles. The predicted molar refractivity (Wildman–Crippen MR) is 64.2 cm³/mol. The maximum Gasteiger partial charge on any atom is 0.0630 e. The second kappa shape index (κ2) is 8.08. The topological polar surface area (TPSA) is 24.5 Å². The van der Waals surface area contributed by atoms with Gasteiger partial charge in [0.1, 0.15) is 0 Å². The third kappa shape index (κ3) is 4.96. The molecule has 1 aliphatic heterocycles. The molecular weight excluding hydrogens is 188 g/mol. The summed E-state index contributed by atoms with van der Waals surface area (Å²) < 4.78 is 5.31. The van der Waals surface area contributed by atoms with Gasteiger partial charge >= 0.3 is 0 Å². The zero-order valence-corrected chi connectivity index (χ0v) is 10.3. The van der Waals surface area contributed by atoms with Crippen molar-refractivity contribution in [3.8, 4) is 0 Å². The molecule has 1 aliphatic rings. The minimum absolute atomic E-state index is 0.563. The lowest BCUT2D eigenvalue weighted by Crippen LogP contribution is -2.45. The number of hydrogen-bond acceptors (Lipinski definition) is 3. The average Bonchev–Trinajstić information content (AvgIpc) is 2.52. The van der Waals surface area contributed by atoms with Crippen LogP contribution in [-0.4, -0.2) is 50.8 Å². The number of rotatable bonds is 6. The minimum atomic E-state index is 0.563. The van der Waals surface area contributed by atoms with Gasteiger partial charge in [-0.3, -0.25) is 4.90 Å². The van der Waals surface area contributed by atoms with E-state index in [-0.39, 0.29) is 0 Å². The van der Waals surface area contributed by atoms with Crippen LogP contribution < -0.4 is 5.32 Å². The normalized spacial score (nSPS) is 21.2. The molecule has 0 amide bonds. The Labute approximate surface area is 94.2 Å². The molecule has 15 heavy (non-hydrogen) atoms. The molecule has 0 aromatic rings. The van der Waals surface area contributed by atoms with Crippen molar-refractivity contribution in [2.75, 3.05) is 39.9 Å². The third-order valence-corrected chi connectivity index (χ3v) is 3.15. The summed E-state index contributed by atoms with van der Waals surface area (Å²) in [5.74, 6) is 0. The molecule has 0 aliphatic carbocycles. The molecule has 0 radical (unpaired) electrons. The highest BCUT2D eigenvalue weighted by molar-refractivity contribution is 4.75. The summed E-state index contributed by atoms with van der Waals surface area (Å²) in [5.41, 5.74) is 0. The lowest BCUT2D eigenvalue weighted by molar-refractivity contribution is 0.0916. The summed E-state index contributed by atoms with van der Waals surface area (Å²) in [6.07, 6.45) is 5.51.